The minimum atomic E-state index is -0.869. The number of nitrogens with zero attached hydrogens (tertiary/aromatic N) is 1. The van der Waals surface area contributed by atoms with Gasteiger partial charge in [0, 0.05) is 12.1 Å². The molecule has 25 heavy (non-hydrogen) atoms. The quantitative estimate of drug-likeness (QED) is 0.743. The number of benzene rings is 2. The minimum Gasteiger partial charge on any atom is -0.489 e. The third kappa shape index (κ3) is 5.61. The number of methoxy groups -OCH3 is 1. The Labute approximate surface area is 146 Å². The number of hydrogen-bond donors (Lipinski definition) is 1. The first-order valence-corrected chi connectivity index (χ1v) is 7.78. The number of carbonyl (C=O) groups is 2. The van der Waals surface area contributed by atoms with Gasteiger partial charge in [-0.1, -0.05) is 30.3 Å². The van der Waals surface area contributed by atoms with E-state index in [1.807, 2.05) is 36.4 Å². The average Bonchev–Trinajstić information content (AvgIpc) is 2.60. The second-order valence-corrected chi connectivity index (χ2v) is 5.65. The molecule has 2 rings (SSSR count). The lowest BCUT2D eigenvalue weighted by Crippen LogP contribution is -2.25. The van der Waals surface area contributed by atoms with Crippen LogP contribution in [-0.4, -0.2) is 42.6 Å². The third-order valence-corrected chi connectivity index (χ3v) is 3.59. The van der Waals surface area contributed by atoms with Crippen LogP contribution in [0.25, 0.3) is 0 Å². The van der Waals surface area contributed by atoms with Crippen molar-refractivity contribution in [2.24, 2.45) is 0 Å². The number of hydrogen-bond acceptors (Lipinski definition) is 5. The Bertz CT molecular complexity index is 727. The summed E-state index contributed by atoms with van der Waals surface area (Å²) in [6.45, 7) is 0.786. The highest BCUT2D eigenvalue weighted by Crippen LogP contribution is 2.21. The summed E-state index contributed by atoms with van der Waals surface area (Å²) in [6, 6.07) is 14.5. The van der Waals surface area contributed by atoms with Gasteiger partial charge < -0.3 is 14.6 Å². The van der Waals surface area contributed by atoms with Gasteiger partial charge in [0.2, 0.25) is 0 Å². The maximum absolute atomic E-state index is 11.4. The zero-order chi connectivity index (χ0) is 18.2. The fraction of sp³-hybridized carbons (Fsp3) is 0.263. The summed E-state index contributed by atoms with van der Waals surface area (Å²) in [4.78, 5) is 23.9. The van der Waals surface area contributed by atoms with Gasteiger partial charge in [0.05, 0.1) is 19.2 Å². The maximum Gasteiger partial charge on any atom is 0.337 e. The molecule has 0 aliphatic heterocycles. The predicted molar refractivity (Wildman–Crippen MR) is 92.5 cm³/mol. The van der Waals surface area contributed by atoms with Crippen molar-refractivity contribution in [3.63, 3.8) is 0 Å². The lowest BCUT2D eigenvalue weighted by Gasteiger charge is -2.17. The summed E-state index contributed by atoms with van der Waals surface area (Å²) in [6.07, 6.45) is 0. The molecule has 2 aromatic rings. The standard InChI is InChI=1S/C19H21NO5/c1-20(12-18(21)22)11-16-5-3-4-6-17(16)25-13-14-7-9-15(10-8-14)19(23)24-2/h3-10H,11-13H2,1-2H3,(H,21,22). The van der Waals surface area contributed by atoms with Crippen LogP contribution in [0, 0.1) is 0 Å². The van der Waals surface area contributed by atoms with Crippen LogP contribution >= 0.6 is 0 Å². The second-order valence-electron chi connectivity index (χ2n) is 5.65. The second kappa shape index (κ2) is 8.84. The summed E-state index contributed by atoms with van der Waals surface area (Å²) >= 11 is 0. The molecule has 0 fully saturated rings. The molecule has 0 spiro atoms. The molecule has 0 aliphatic carbocycles. The van der Waals surface area contributed by atoms with Crippen LogP contribution in [-0.2, 0) is 22.7 Å². The van der Waals surface area contributed by atoms with Crippen molar-refractivity contribution in [1.29, 1.82) is 0 Å². The largest absolute Gasteiger partial charge is 0.489 e. The van der Waals surface area contributed by atoms with E-state index < -0.39 is 5.97 Å². The van der Waals surface area contributed by atoms with Crippen molar-refractivity contribution < 1.29 is 24.2 Å². The fourth-order valence-electron chi connectivity index (χ4n) is 2.37. The van der Waals surface area contributed by atoms with Crippen molar-refractivity contribution in [3.05, 3.63) is 65.2 Å². The lowest BCUT2D eigenvalue weighted by molar-refractivity contribution is -0.138. The summed E-state index contributed by atoms with van der Waals surface area (Å²) in [5.41, 5.74) is 2.32. The van der Waals surface area contributed by atoms with Gasteiger partial charge in [0.15, 0.2) is 0 Å². The molecule has 0 atom stereocenters. The third-order valence-electron chi connectivity index (χ3n) is 3.59. The molecule has 0 saturated carbocycles. The van der Waals surface area contributed by atoms with Crippen molar-refractivity contribution in [2.45, 2.75) is 13.2 Å². The van der Waals surface area contributed by atoms with E-state index in [4.69, 9.17) is 9.84 Å². The zero-order valence-electron chi connectivity index (χ0n) is 14.3. The Balaban J connectivity index is 2.01. The number of para-hydroxylation sites is 1. The zero-order valence-corrected chi connectivity index (χ0v) is 14.3. The molecular weight excluding hydrogens is 322 g/mol. The molecule has 0 aromatic heterocycles. The number of rotatable bonds is 8. The molecule has 0 aliphatic rings. The molecule has 0 radical (unpaired) electrons. The normalized spacial score (nSPS) is 10.5. The molecule has 2 aromatic carbocycles. The van der Waals surface area contributed by atoms with E-state index in [1.54, 1.807) is 24.1 Å². The SMILES string of the molecule is COC(=O)c1ccc(COc2ccccc2CN(C)CC(=O)O)cc1. The number of likely N-dealkylation sites (N-methyl/N-ethyl adjacent to an activating group) is 1. The Morgan fingerprint density at radius 2 is 1.76 bits per heavy atom. The Morgan fingerprint density at radius 3 is 2.40 bits per heavy atom. The highest BCUT2D eigenvalue weighted by Gasteiger charge is 2.10. The van der Waals surface area contributed by atoms with Crippen LogP contribution in [0.2, 0.25) is 0 Å². The first-order chi connectivity index (χ1) is 12.0. The molecule has 0 unspecified atom stereocenters. The summed E-state index contributed by atoms with van der Waals surface area (Å²) in [7, 11) is 3.09. The smallest absolute Gasteiger partial charge is 0.337 e. The molecule has 0 amide bonds. The highest BCUT2D eigenvalue weighted by atomic mass is 16.5. The Morgan fingerprint density at radius 1 is 1.08 bits per heavy atom. The van der Waals surface area contributed by atoms with Crippen LogP contribution in [0.1, 0.15) is 21.5 Å². The first kappa shape index (κ1) is 18.5. The molecular formula is C19H21NO5. The molecule has 0 bridgehead atoms. The first-order valence-electron chi connectivity index (χ1n) is 7.78. The van der Waals surface area contributed by atoms with E-state index in [-0.39, 0.29) is 12.5 Å². The van der Waals surface area contributed by atoms with Crippen molar-refractivity contribution in [3.8, 4) is 5.75 Å². The van der Waals surface area contributed by atoms with E-state index in [0.717, 1.165) is 11.1 Å². The highest BCUT2D eigenvalue weighted by molar-refractivity contribution is 5.89. The lowest BCUT2D eigenvalue weighted by atomic mass is 10.1. The van der Waals surface area contributed by atoms with Crippen LogP contribution < -0.4 is 4.74 Å². The van der Waals surface area contributed by atoms with Gasteiger partial charge in [0.1, 0.15) is 12.4 Å². The number of carboxylic acids is 1. The van der Waals surface area contributed by atoms with Crippen molar-refractivity contribution >= 4 is 11.9 Å². The van der Waals surface area contributed by atoms with Gasteiger partial charge in [0.25, 0.3) is 0 Å². The molecule has 1 N–H and O–H groups in total. The van der Waals surface area contributed by atoms with E-state index in [2.05, 4.69) is 4.74 Å². The maximum atomic E-state index is 11.4. The van der Waals surface area contributed by atoms with Gasteiger partial charge in [-0.25, -0.2) is 4.79 Å². The van der Waals surface area contributed by atoms with E-state index >= 15 is 0 Å². The van der Waals surface area contributed by atoms with Gasteiger partial charge in [-0.05, 0) is 30.8 Å². The topological polar surface area (TPSA) is 76.1 Å². The van der Waals surface area contributed by atoms with Crippen LogP contribution in [0.3, 0.4) is 0 Å². The van der Waals surface area contributed by atoms with Gasteiger partial charge in [-0.3, -0.25) is 9.69 Å². The number of carbonyl (C=O) groups excluding carboxylic acids is 1. The van der Waals surface area contributed by atoms with Gasteiger partial charge >= 0.3 is 11.9 Å². The van der Waals surface area contributed by atoms with Crippen molar-refractivity contribution in [2.75, 3.05) is 20.7 Å². The van der Waals surface area contributed by atoms with Gasteiger partial charge in [-0.15, -0.1) is 0 Å². The molecule has 6 heteroatoms. The van der Waals surface area contributed by atoms with E-state index in [9.17, 15) is 9.59 Å². The average molecular weight is 343 g/mol. The number of esters is 1. The van der Waals surface area contributed by atoms with Gasteiger partial charge in [-0.2, -0.15) is 0 Å². The number of carboxylic acid groups (broad SMARTS) is 1. The van der Waals surface area contributed by atoms with Crippen LogP contribution in [0.15, 0.2) is 48.5 Å². The summed E-state index contributed by atoms with van der Waals surface area (Å²) in [5.74, 6) is -0.539. The van der Waals surface area contributed by atoms with Crippen molar-refractivity contribution in [1.82, 2.24) is 4.90 Å². The molecule has 6 nitrogen and oxygen atoms in total. The Hall–Kier alpha value is -2.86. The molecule has 0 heterocycles. The Kier molecular flexibility index (Phi) is 6.54. The van der Waals surface area contributed by atoms with Crippen LogP contribution in [0.5, 0.6) is 5.75 Å². The van der Waals surface area contributed by atoms with E-state index in [0.29, 0.717) is 24.5 Å². The summed E-state index contributed by atoms with van der Waals surface area (Å²) in [5, 5.41) is 8.86. The van der Waals surface area contributed by atoms with Crippen LogP contribution in [0.4, 0.5) is 0 Å². The monoisotopic (exact) mass is 343 g/mol. The molecule has 0 saturated heterocycles. The fourth-order valence-corrected chi connectivity index (χ4v) is 2.37. The number of ether oxygens (including phenoxy) is 2. The minimum absolute atomic E-state index is 0.0384. The number of aliphatic carboxylic acids is 1. The predicted octanol–water partition coefficient (Wildman–Crippen LogP) is 2.57. The van der Waals surface area contributed by atoms with E-state index in [1.165, 1.54) is 7.11 Å². The summed E-state index contributed by atoms with van der Waals surface area (Å²) < 4.78 is 10.5. The molecule has 132 valence electrons.